The maximum atomic E-state index is 11.6. The number of piperidine rings is 1. The standard InChI is InChI=1S/C16H33N3O2/c1-12(11-17-15(20)21-16(3,4)5)18-13(2)14-7-9-19(6)10-8-14/h12-14,18H,7-11H2,1-6H3,(H,17,20). The number of rotatable bonds is 5. The molecule has 5 heteroatoms. The molecule has 0 aromatic carbocycles. The summed E-state index contributed by atoms with van der Waals surface area (Å²) < 4.78 is 5.24. The molecule has 0 aromatic rings. The molecule has 1 aliphatic rings. The van der Waals surface area contributed by atoms with Crippen LogP contribution in [0.3, 0.4) is 0 Å². The molecular formula is C16H33N3O2. The first-order valence-corrected chi connectivity index (χ1v) is 8.09. The molecule has 0 aliphatic carbocycles. The van der Waals surface area contributed by atoms with E-state index in [1.54, 1.807) is 0 Å². The SMILES string of the molecule is CC(CNC(=O)OC(C)(C)C)NC(C)C1CCN(C)CC1. The Kier molecular flexibility index (Phi) is 6.94. The number of carbonyl (C=O) groups excluding carboxylic acids is 1. The molecule has 0 bridgehead atoms. The van der Waals surface area contributed by atoms with E-state index in [9.17, 15) is 4.79 Å². The number of amides is 1. The third-order valence-corrected chi connectivity index (χ3v) is 3.97. The molecule has 1 rings (SSSR count). The minimum Gasteiger partial charge on any atom is -0.444 e. The number of nitrogens with one attached hydrogen (secondary N) is 2. The van der Waals surface area contributed by atoms with Crippen LogP contribution in [0.4, 0.5) is 4.79 Å². The van der Waals surface area contributed by atoms with Crippen molar-refractivity contribution < 1.29 is 9.53 Å². The summed E-state index contributed by atoms with van der Waals surface area (Å²) in [5.41, 5.74) is -0.442. The van der Waals surface area contributed by atoms with Gasteiger partial charge in [0.1, 0.15) is 5.60 Å². The first-order valence-electron chi connectivity index (χ1n) is 8.09. The molecule has 1 saturated heterocycles. The lowest BCUT2D eigenvalue weighted by molar-refractivity contribution is 0.0521. The molecule has 2 atom stereocenters. The van der Waals surface area contributed by atoms with Crippen LogP contribution in [0.2, 0.25) is 0 Å². The van der Waals surface area contributed by atoms with Crippen LogP contribution < -0.4 is 10.6 Å². The highest BCUT2D eigenvalue weighted by Gasteiger charge is 2.23. The first kappa shape index (κ1) is 18.2. The number of nitrogens with zero attached hydrogens (tertiary/aromatic N) is 1. The van der Waals surface area contributed by atoms with Gasteiger partial charge >= 0.3 is 6.09 Å². The average molecular weight is 299 g/mol. The Labute approximate surface area is 129 Å². The predicted octanol–water partition coefficient (Wildman–Crippen LogP) is 2.22. The van der Waals surface area contributed by atoms with E-state index >= 15 is 0 Å². The molecule has 0 saturated carbocycles. The third-order valence-electron chi connectivity index (χ3n) is 3.97. The molecule has 0 spiro atoms. The maximum Gasteiger partial charge on any atom is 0.407 e. The van der Waals surface area contributed by atoms with Crippen LogP contribution in [0.25, 0.3) is 0 Å². The second kappa shape index (κ2) is 7.99. The van der Waals surface area contributed by atoms with Crippen molar-refractivity contribution in [1.82, 2.24) is 15.5 Å². The molecule has 2 unspecified atom stereocenters. The van der Waals surface area contributed by atoms with E-state index in [1.807, 2.05) is 20.8 Å². The van der Waals surface area contributed by atoms with E-state index in [2.05, 4.69) is 36.4 Å². The van der Waals surface area contributed by atoms with Crippen LogP contribution in [0.5, 0.6) is 0 Å². The molecule has 1 heterocycles. The Bertz CT molecular complexity index is 320. The highest BCUT2D eigenvalue weighted by Crippen LogP contribution is 2.19. The van der Waals surface area contributed by atoms with Gasteiger partial charge in [-0.05, 0) is 73.5 Å². The van der Waals surface area contributed by atoms with Crippen LogP contribution in [0, 0.1) is 5.92 Å². The minimum atomic E-state index is -0.442. The van der Waals surface area contributed by atoms with Gasteiger partial charge in [0.15, 0.2) is 0 Å². The summed E-state index contributed by atoms with van der Waals surface area (Å²) in [6.07, 6.45) is 2.15. The number of alkyl carbamates (subject to hydrolysis) is 1. The van der Waals surface area contributed by atoms with E-state index in [-0.39, 0.29) is 12.1 Å². The van der Waals surface area contributed by atoms with Crippen LogP contribution in [0.15, 0.2) is 0 Å². The van der Waals surface area contributed by atoms with Gasteiger partial charge in [-0.15, -0.1) is 0 Å². The fraction of sp³-hybridized carbons (Fsp3) is 0.938. The maximum absolute atomic E-state index is 11.6. The largest absolute Gasteiger partial charge is 0.444 e. The molecule has 0 radical (unpaired) electrons. The van der Waals surface area contributed by atoms with Crippen LogP contribution in [-0.4, -0.2) is 55.4 Å². The monoisotopic (exact) mass is 299 g/mol. The average Bonchev–Trinajstić information content (AvgIpc) is 2.35. The van der Waals surface area contributed by atoms with Crippen molar-refractivity contribution in [3.05, 3.63) is 0 Å². The summed E-state index contributed by atoms with van der Waals surface area (Å²) in [6.45, 7) is 12.9. The van der Waals surface area contributed by atoms with Crippen LogP contribution in [-0.2, 0) is 4.74 Å². The summed E-state index contributed by atoms with van der Waals surface area (Å²) >= 11 is 0. The van der Waals surface area contributed by atoms with E-state index in [0.29, 0.717) is 12.6 Å². The predicted molar refractivity (Wildman–Crippen MR) is 86.5 cm³/mol. The van der Waals surface area contributed by atoms with Gasteiger partial charge in [0, 0.05) is 18.6 Å². The number of ether oxygens (including phenoxy) is 1. The summed E-state index contributed by atoms with van der Waals surface area (Å²) in [6, 6.07) is 0.723. The summed E-state index contributed by atoms with van der Waals surface area (Å²) in [7, 11) is 2.18. The van der Waals surface area contributed by atoms with Gasteiger partial charge in [0.2, 0.25) is 0 Å². The van der Waals surface area contributed by atoms with Gasteiger partial charge in [-0.3, -0.25) is 0 Å². The van der Waals surface area contributed by atoms with Gasteiger partial charge in [-0.25, -0.2) is 4.79 Å². The second-order valence-electron chi connectivity index (χ2n) is 7.38. The molecule has 5 nitrogen and oxygen atoms in total. The van der Waals surface area contributed by atoms with Crippen molar-refractivity contribution in [1.29, 1.82) is 0 Å². The fourth-order valence-corrected chi connectivity index (χ4v) is 2.72. The highest BCUT2D eigenvalue weighted by atomic mass is 16.6. The lowest BCUT2D eigenvalue weighted by Crippen LogP contribution is -2.48. The third kappa shape index (κ3) is 7.67. The molecule has 124 valence electrons. The molecular weight excluding hydrogens is 266 g/mol. The van der Waals surface area contributed by atoms with Crippen molar-refractivity contribution in [3.63, 3.8) is 0 Å². The zero-order valence-corrected chi connectivity index (χ0v) is 14.5. The second-order valence-corrected chi connectivity index (χ2v) is 7.38. The molecule has 0 aromatic heterocycles. The van der Waals surface area contributed by atoms with Gasteiger partial charge in [-0.1, -0.05) is 0 Å². The van der Waals surface area contributed by atoms with E-state index in [0.717, 1.165) is 5.92 Å². The topological polar surface area (TPSA) is 53.6 Å². The highest BCUT2D eigenvalue weighted by molar-refractivity contribution is 5.67. The van der Waals surface area contributed by atoms with Crippen LogP contribution >= 0.6 is 0 Å². The van der Waals surface area contributed by atoms with Crippen molar-refractivity contribution in [3.8, 4) is 0 Å². The van der Waals surface area contributed by atoms with Crippen molar-refractivity contribution >= 4 is 6.09 Å². The Hall–Kier alpha value is -0.810. The lowest BCUT2D eigenvalue weighted by atomic mass is 9.90. The zero-order valence-electron chi connectivity index (χ0n) is 14.5. The van der Waals surface area contributed by atoms with Gasteiger partial charge in [-0.2, -0.15) is 0 Å². The normalized spacial score (nSPS) is 20.9. The van der Waals surface area contributed by atoms with E-state index < -0.39 is 5.60 Å². The lowest BCUT2D eigenvalue weighted by Gasteiger charge is -2.34. The van der Waals surface area contributed by atoms with Crippen molar-refractivity contribution in [2.45, 2.75) is 65.1 Å². The van der Waals surface area contributed by atoms with E-state index in [4.69, 9.17) is 4.74 Å². The minimum absolute atomic E-state index is 0.243. The quantitative estimate of drug-likeness (QED) is 0.817. The summed E-state index contributed by atoms with van der Waals surface area (Å²) in [5, 5.41) is 6.42. The summed E-state index contributed by atoms with van der Waals surface area (Å²) in [5.74, 6) is 0.727. The van der Waals surface area contributed by atoms with E-state index in [1.165, 1.54) is 25.9 Å². The Morgan fingerprint density at radius 2 is 1.86 bits per heavy atom. The summed E-state index contributed by atoms with van der Waals surface area (Å²) in [4.78, 5) is 14.0. The fourth-order valence-electron chi connectivity index (χ4n) is 2.72. The molecule has 1 amide bonds. The smallest absolute Gasteiger partial charge is 0.407 e. The number of hydrogen-bond acceptors (Lipinski definition) is 4. The van der Waals surface area contributed by atoms with Gasteiger partial charge in [0.25, 0.3) is 0 Å². The Balaban J connectivity index is 2.23. The first-order chi connectivity index (χ1) is 9.67. The van der Waals surface area contributed by atoms with Gasteiger partial charge in [0.05, 0.1) is 0 Å². The Morgan fingerprint density at radius 3 is 2.38 bits per heavy atom. The number of likely N-dealkylation sites (tertiary alicyclic amines) is 1. The van der Waals surface area contributed by atoms with Crippen molar-refractivity contribution in [2.75, 3.05) is 26.7 Å². The molecule has 1 aliphatic heterocycles. The Morgan fingerprint density at radius 1 is 1.29 bits per heavy atom. The van der Waals surface area contributed by atoms with Crippen LogP contribution in [0.1, 0.15) is 47.5 Å². The number of hydrogen-bond donors (Lipinski definition) is 2. The number of carbonyl (C=O) groups is 1. The zero-order chi connectivity index (χ0) is 16.0. The molecule has 21 heavy (non-hydrogen) atoms. The van der Waals surface area contributed by atoms with Crippen molar-refractivity contribution in [2.24, 2.45) is 5.92 Å². The van der Waals surface area contributed by atoms with Gasteiger partial charge < -0.3 is 20.3 Å². The molecule has 1 fully saturated rings. The molecule has 2 N–H and O–H groups in total.